The number of rotatable bonds is 4. The number of hydrogen-bond acceptors (Lipinski definition) is 4. The summed E-state index contributed by atoms with van der Waals surface area (Å²) in [5, 5.41) is 0.558. The van der Waals surface area contributed by atoms with Crippen molar-refractivity contribution in [1.29, 1.82) is 0 Å². The van der Waals surface area contributed by atoms with E-state index in [1.54, 1.807) is 24.3 Å². The molecule has 4 nitrogen and oxygen atoms in total. The molecule has 2 heterocycles. The third-order valence-electron chi connectivity index (χ3n) is 5.51. The van der Waals surface area contributed by atoms with Crippen LogP contribution in [0.15, 0.2) is 94.4 Å². The van der Waals surface area contributed by atoms with Crippen molar-refractivity contribution in [3.05, 3.63) is 106 Å². The second-order valence-electron chi connectivity index (χ2n) is 7.46. The highest BCUT2D eigenvalue weighted by molar-refractivity contribution is 8.04. The van der Waals surface area contributed by atoms with Gasteiger partial charge in [-0.05, 0) is 53.9 Å². The third-order valence-corrected chi connectivity index (χ3v) is 6.84. The second kappa shape index (κ2) is 8.25. The van der Waals surface area contributed by atoms with Crippen molar-refractivity contribution in [2.75, 3.05) is 11.4 Å². The zero-order valence-electron chi connectivity index (χ0n) is 16.6. The minimum Gasteiger partial charge on any atom is -0.361 e. The summed E-state index contributed by atoms with van der Waals surface area (Å²) in [6.07, 6.45) is 0.839. The fourth-order valence-electron chi connectivity index (χ4n) is 3.99. The van der Waals surface area contributed by atoms with Crippen molar-refractivity contribution in [1.82, 2.24) is 4.90 Å². The van der Waals surface area contributed by atoms with Gasteiger partial charge in [0.25, 0.3) is 11.8 Å². The first-order valence-electron chi connectivity index (χ1n) is 10.0. The first-order valence-corrected chi connectivity index (χ1v) is 11.2. The number of anilines is 1. The molecule has 3 aromatic carbocycles. The molecule has 0 atom stereocenters. The number of nitrogens with zero attached hydrogens (tertiary/aromatic N) is 2. The fraction of sp³-hybridized carbons (Fsp3) is 0.120. The Labute approximate surface area is 190 Å². The highest BCUT2D eigenvalue weighted by atomic mass is 35.5. The van der Waals surface area contributed by atoms with E-state index in [1.165, 1.54) is 27.8 Å². The summed E-state index contributed by atoms with van der Waals surface area (Å²) in [4.78, 5) is 31.7. The molecule has 0 N–H and O–H groups in total. The van der Waals surface area contributed by atoms with Gasteiger partial charge in [0.1, 0.15) is 10.6 Å². The summed E-state index contributed by atoms with van der Waals surface area (Å²) in [6, 6.07) is 24.7. The van der Waals surface area contributed by atoms with Crippen molar-refractivity contribution in [2.24, 2.45) is 0 Å². The number of hydrogen-bond donors (Lipinski definition) is 0. The molecule has 0 saturated carbocycles. The van der Waals surface area contributed by atoms with Crippen LogP contribution in [-0.4, -0.2) is 23.3 Å². The Kier molecular flexibility index (Phi) is 5.30. The van der Waals surface area contributed by atoms with Crippen LogP contribution < -0.4 is 4.90 Å². The molecule has 2 amide bonds. The van der Waals surface area contributed by atoms with E-state index in [-0.39, 0.29) is 11.8 Å². The highest BCUT2D eigenvalue weighted by Crippen LogP contribution is 2.40. The molecule has 154 valence electrons. The Bertz CT molecular complexity index is 1190. The number of fused-ring (bicyclic) bond motifs is 1. The highest BCUT2D eigenvalue weighted by Gasteiger charge is 2.43. The van der Waals surface area contributed by atoms with Gasteiger partial charge in [0.05, 0.1) is 5.69 Å². The lowest BCUT2D eigenvalue weighted by molar-refractivity contribution is -0.121. The van der Waals surface area contributed by atoms with Crippen LogP contribution in [0.3, 0.4) is 0 Å². The van der Waals surface area contributed by atoms with Gasteiger partial charge >= 0.3 is 0 Å². The SMILES string of the molecule is O=C1C(Sc2ccccc2)=C(N2CCc3ccccc3C2)C(=O)N1c1ccc(Cl)cc1. The van der Waals surface area contributed by atoms with Crippen LogP contribution in [0.25, 0.3) is 0 Å². The quantitative estimate of drug-likeness (QED) is 0.511. The summed E-state index contributed by atoms with van der Waals surface area (Å²) in [5.74, 6) is -0.583. The van der Waals surface area contributed by atoms with Crippen LogP contribution in [0.2, 0.25) is 5.02 Å². The van der Waals surface area contributed by atoms with Gasteiger partial charge in [0, 0.05) is 23.0 Å². The van der Waals surface area contributed by atoms with E-state index in [0.717, 1.165) is 11.3 Å². The van der Waals surface area contributed by atoms with Gasteiger partial charge < -0.3 is 4.90 Å². The Morgan fingerprint density at radius 2 is 1.45 bits per heavy atom. The predicted octanol–water partition coefficient (Wildman–Crippen LogP) is 5.28. The summed E-state index contributed by atoms with van der Waals surface area (Å²) in [6.45, 7) is 1.30. The second-order valence-corrected chi connectivity index (χ2v) is 8.98. The number of carbonyl (C=O) groups is 2. The van der Waals surface area contributed by atoms with Crippen LogP contribution in [0, 0.1) is 0 Å². The molecule has 0 unspecified atom stereocenters. The lowest BCUT2D eigenvalue weighted by Gasteiger charge is -2.31. The number of benzene rings is 3. The first kappa shape index (κ1) is 19.9. The minimum atomic E-state index is -0.296. The number of thioether (sulfide) groups is 1. The third kappa shape index (κ3) is 3.75. The molecule has 2 aliphatic heterocycles. The van der Waals surface area contributed by atoms with Crippen molar-refractivity contribution < 1.29 is 9.59 Å². The van der Waals surface area contributed by atoms with E-state index in [4.69, 9.17) is 11.6 Å². The molecule has 0 aliphatic carbocycles. The molecule has 3 aromatic rings. The van der Waals surface area contributed by atoms with Crippen LogP contribution >= 0.6 is 23.4 Å². The van der Waals surface area contributed by atoms with Crippen molar-refractivity contribution in [2.45, 2.75) is 17.9 Å². The maximum atomic E-state index is 13.6. The predicted molar refractivity (Wildman–Crippen MR) is 124 cm³/mol. The monoisotopic (exact) mass is 446 g/mol. The Hall–Kier alpha value is -3.02. The van der Waals surface area contributed by atoms with Gasteiger partial charge in [-0.25, -0.2) is 4.90 Å². The molecule has 0 bridgehead atoms. The average Bonchev–Trinajstić information content (AvgIpc) is 3.04. The molecule has 5 rings (SSSR count). The van der Waals surface area contributed by atoms with E-state index >= 15 is 0 Å². The standard InChI is InChI=1S/C25H19ClN2O2S/c26-19-10-12-20(13-11-19)28-24(29)22(23(25(28)30)31-21-8-2-1-3-9-21)27-15-14-17-6-4-5-7-18(17)16-27/h1-13H,14-16H2. The summed E-state index contributed by atoms with van der Waals surface area (Å²) in [5.41, 5.74) is 3.49. The summed E-state index contributed by atoms with van der Waals surface area (Å²) in [7, 11) is 0. The Morgan fingerprint density at radius 3 is 2.19 bits per heavy atom. The van der Waals surface area contributed by atoms with E-state index < -0.39 is 0 Å². The summed E-state index contributed by atoms with van der Waals surface area (Å²) < 4.78 is 0. The molecule has 0 fully saturated rings. The van der Waals surface area contributed by atoms with Gasteiger partial charge in [0.2, 0.25) is 0 Å². The molecule has 0 saturated heterocycles. The summed E-state index contributed by atoms with van der Waals surface area (Å²) >= 11 is 7.36. The molecule has 0 aromatic heterocycles. The van der Waals surface area contributed by atoms with E-state index in [0.29, 0.717) is 34.4 Å². The smallest absolute Gasteiger partial charge is 0.283 e. The zero-order chi connectivity index (χ0) is 21.4. The molecule has 2 aliphatic rings. The molecular weight excluding hydrogens is 428 g/mol. The zero-order valence-corrected chi connectivity index (χ0v) is 18.2. The molecule has 6 heteroatoms. The average molecular weight is 447 g/mol. The number of imide groups is 1. The van der Waals surface area contributed by atoms with E-state index in [1.807, 2.05) is 47.4 Å². The van der Waals surface area contributed by atoms with Crippen LogP contribution in [0.4, 0.5) is 5.69 Å². The fourth-order valence-corrected chi connectivity index (χ4v) is 5.13. The number of carbonyl (C=O) groups excluding carboxylic acids is 2. The van der Waals surface area contributed by atoms with Crippen molar-refractivity contribution >= 4 is 40.9 Å². The first-order chi connectivity index (χ1) is 15.1. The maximum absolute atomic E-state index is 13.6. The van der Waals surface area contributed by atoms with Gasteiger partial charge in [-0.2, -0.15) is 0 Å². The number of amides is 2. The largest absolute Gasteiger partial charge is 0.361 e. The van der Waals surface area contributed by atoms with Gasteiger partial charge in [0.15, 0.2) is 0 Å². The normalized spacial score (nSPS) is 16.2. The molecule has 31 heavy (non-hydrogen) atoms. The molecular formula is C25H19ClN2O2S. The van der Waals surface area contributed by atoms with Gasteiger partial charge in [-0.3, -0.25) is 9.59 Å². The van der Waals surface area contributed by atoms with Crippen LogP contribution in [-0.2, 0) is 22.6 Å². The van der Waals surface area contributed by atoms with Crippen molar-refractivity contribution in [3.63, 3.8) is 0 Å². The van der Waals surface area contributed by atoms with Crippen LogP contribution in [0.1, 0.15) is 11.1 Å². The lowest BCUT2D eigenvalue weighted by Crippen LogP contribution is -2.37. The van der Waals surface area contributed by atoms with E-state index in [9.17, 15) is 9.59 Å². The lowest BCUT2D eigenvalue weighted by atomic mass is 9.99. The number of halogens is 1. The molecule has 0 spiro atoms. The van der Waals surface area contributed by atoms with Crippen molar-refractivity contribution in [3.8, 4) is 0 Å². The Morgan fingerprint density at radius 1 is 0.774 bits per heavy atom. The molecule has 0 radical (unpaired) electrons. The van der Waals surface area contributed by atoms with Gasteiger partial charge in [-0.1, -0.05) is 65.8 Å². The topological polar surface area (TPSA) is 40.6 Å². The van der Waals surface area contributed by atoms with Gasteiger partial charge in [-0.15, -0.1) is 0 Å². The minimum absolute atomic E-state index is 0.287. The van der Waals surface area contributed by atoms with Crippen LogP contribution in [0.5, 0.6) is 0 Å². The van der Waals surface area contributed by atoms with E-state index in [2.05, 4.69) is 12.1 Å². The maximum Gasteiger partial charge on any atom is 0.283 e. The Balaban J connectivity index is 1.55.